The highest BCUT2D eigenvalue weighted by Gasteiger charge is 2.43. The molecule has 0 bridgehead atoms. The van der Waals surface area contributed by atoms with E-state index in [0.29, 0.717) is 24.3 Å². The van der Waals surface area contributed by atoms with Crippen LogP contribution in [0.15, 0.2) is 48.5 Å². The molecule has 3 atom stereocenters. The van der Waals surface area contributed by atoms with E-state index < -0.39 is 23.3 Å². The Morgan fingerprint density at radius 1 is 0.853 bits per heavy atom. The number of hydrogen-bond donors (Lipinski definition) is 1. The van der Waals surface area contributed by atoms with Crippen molar-refractivity contribution in [3.8, 4) is 28.3 Å². The normalized spacial score (nSPS) is 21.8. The second-order valence-electron chi connectivity index (χ2n) is 8.34. The number of imidazole rings is 1. The maximum Gasteiger partial charge on any atom is 0.295 e. The molecule has 0 saturated carbocycles. The van der Waals surface area contributed by atoms with Gasteiger partial charge in [0.25, 0.3) is 6.01 Å². The highest BCUT2D eigenvalue weighted by atomic mass is 19.2. The molecule has 0 radical (unpaired) electrons. The van der Waals surface area contributed by atoms with E-state index >= 15 is 4.39 Å². The third-order valence-corrected chi connectivity index (χ3v) is 6.26. The molecule has 1 unspecified atom stereocenters. The van der Waals surface area contributed by atoms with Gasteiger partial charge >= 0.3 is 0 Å². The fourth-order valence-corrected chi connectivity index (χ4v) is 4.56. The summed E-state index contributed by atoms with van der Waals surface area (Å²) in [6, 6.07) is 10.9. The second-order valence-corrected chi connectivity index (χ2v) is 8.34. The minimum Gasteiger partial charge on any atom is -0.456 e. The van der Waals surface area contributed by atoms with E-state index in [1.165, 1.54) is 18.2 Å². The molecule has 34 heavy (non-hydrogen) atoms. The molecular formula is C25H18F4N2O3. The van der Waals surface area contributed by atoms with Crippen LogP contribution in [0.3, 0.4) is 0 Å². The number of ether oxygens (including phenoxy) is 3. The van der Waals surface area contributed by atoms with Gasteiger partial charge in [-0.15, -0.1) is 0 Å². The van der Waals surface area contributed by atoms with E-state index in [0.717, 1.165) is 24.6 Å². The first-order valence-electron chi connectivity index (χ1n) is 10.8. The maximum atomic E-state index is 15.4. The number of benzene rings is 3. The second kappa shape index (κ2) is 8.11. The molecule has 1 N–H and O–H groups in total. The summed E-state index contributed by atoms with van der Waals surface area (Å²) >= 11 is 0. The van der Waals surface area contributed by atoms with Gasteiger partial charge < -0.3 is 19.2 Å². The topological polar surface area (TPSA) is 56.4 Å². The first-order valence-corrected chi connectivity index (χ1v) is 10.8. The lowest BCUT2D eigenvalue weighted by Gasteiger charge is -2.15. The zero-order valence-electron chi connectivity index (χ0n) is 17.7. The molecule has 2 aliphatic heterocycles. The lowest BCUT2D eigenvalue weighted by Crippen LogP contribution is -2.32. The Bertz CT molecular complexity index is 1390. The van der Waals surface area contributed by atoms with Crippen molar-refractivity contribution in [3.05, 3.63) is 71.8 Å². The fraction of sp³-hybridized carbons (Fsp3) is 0.240. The number of aromatic amines is 1. The Kier molecular flexibility index (Phi) is 5.04. The van der Waals surface area contributed by atoms with E-state index in [1.54, 1.807) is 12.1 Å². The highest BCUT2D eigenvalue weighted by Crippen LogP contribution is 2.34. The van der Waals surface area contributed by atoms with Gasteiger partial charge in [0.15, 0.2) is 23.6 Å². The average molecular weight is 470 g/mol. The van der Waals surface area contributed by atoms with E-state index in [4.69, 9.17) is 14.2 Å². The minimum atomic E-state index is -0.972. The lowest BCUT2D eigenvalue weighted by molar-refractivity contribution is 0.0273. The molecule has 6 rings (SSSR count). The molecule has 2 saturated heterocycles. The molecule has 0 aliphatic carbocycles. The van der Waals surface area contributed by atoms with Crippen LogP contribution < -0.4 is 4.74 Å². The number of fused-ring (bicyclic) bond motifs is 2. The van der Waals surface area contributed by atoms with Gasteiger partial charge in [-0.2, -0.15) is 4.98 Å². The number of halogens is 4. The third-order valence-electron chi connectivity index (χ3n) is 6.26. The van der Waals surface area contributed by atoms with E-state index in [2.05, 4.69) is 9.97 Å². The van der Waals surface area contributed by atoms with Crippen molar-refractivity contribution in [2.24, 2.45) is 0 Å². The summed E-state index contributed by atoms with van der Waals surface area (Å²) in [7, 11) is 0. The van der Waals surface area contributed by atoms with Crippen LogP contribution in [-0.4, -0.2) is 41.5 Å². The Morgan fingerprint density at radius 2 is 1.62 bits per heavy atom. The predicted octanol–water partition coefficient (Wildman–Crippen LogP) is 5.39. The number of rotatable bonds is 4. The van der Waals surface area contributed by atoms with Crippen LogP contribution in [0.4, 0.5) is 17.6 Å². The summed E-state index contributed by atoms with van der Waals surface area (Å²) in [6.45, 7) is 0.923. The van der Waals surface area contributed by atoms with Gasteiger partial charge in [-0.05, 0) is 35.2 Å². The summed E-state index contributed by atoms with van der Waals surface area (Å²) in [5, 5.41) is 0. The van der Waals surface area contributed by atoms with Crippen LogP contribution in [0.1, 0.15) is 6.42 Å². The zero-order chi connectivity index (χ0) is 23.4. The van der Waals surface area contributed by atoms with Crippen molar-refractivity contribution in [2.45, 2.75) is 24.7 Å². The molecule has 9 heteroatoms. The van der Waals surface area contributed by atoms with Crippen molar-refractivity contribution in [2.75, 3.05) is 13.2 Å². The lowest BCUT2D eigenvalue weighted by atomic mass is 9.99. The average Bonchev–Trinajstić information content (AvgIpc) is 3.54. The number of hydrogen-bond acceptors (Lipinski definition) is 4. The fourth-order valence-electron chi connectivity index (χ4n) is 4.56. The first kappa shape index (κ1) is 21.1. The number of H-pyrrole nitrogens is 1. The van der Waals surface area contributed by atoms with Gasteiger partial charge in [-0.3, -0.25) is 0 Å². The SMILES string of the molecule is Fc1ccc(-c2ccc(-c3c(F)cc4[nH]c(OC5CO[C@@H]6CCO[C@H]56)nc4c3F)cc2)cc1F. The highest BCUT2D eigenvalue weighted by molar-refractivity contribution is 5.84. The smallest absolute Gasteiger partial charge is 0.295 e. The Balaban J connectivity index is 1.31. The Labute approximate surface area is 191 Å². The number of aromatic nitrogens is 2. The predicted molar refractivity (Wildman–Crippen MR) is 115 cm³/mol. The largest absolute Gasteiger partial charge is 0.456 e. The standard InChI is InChI=1S/C25H18F4N2O3/c26-15-6-5-14(9-16(15)27)12-1-3-13(4-2-12)21-17(28)10-18-23(22(21)29)31-25(30-18)34-20-11-33-19-7-8-32-24(19)20/h1-6,9-10,19-20,24H,7-8,11H2,(H,30,31)/t19-,20?,24+/m1/s1. The van der Waals surface area contributed by atoms with Gasteiger partial charge in [-0.1, -0.05) is 30.3 Å². The van der Waals surface area contributed by atoms with Crippen molar-refractivity contribution in [1.29, 1.82) is 0 Å². The Hall–Kier alpha value is -3.43. The van der Waals surface area contributed by atoms with Crippen molar-refractivity contribution in [1.82, 2.24) is 9.97 Å². The van der Waals surface area contributed by atoms with Gasteiger partial charge in [0.2, 0.25) is 0 Å². The van der Waals surface area contributed by atoms with Crippen LogP contribution >= 0.6 is 0 Å². The van der Waals surface area contributed by atoms with Crippen LogP contribution in [0.5, 0.6) is 6.01 Å². The molecular weight excluding hydrogens is 452 g/mol. The molecule has 3 aromatic carbocycles. The summed E-state index contributed by atoms with van der Waals surface area (Å²) in [5.74, 6) is -3.53. The monoisotopic (exact) mass is 470 g/mol. The van der Waals surface area contributed by atoms with Crippen molar-refractivity contribution in [3.63, 3.8) is 0 Å². The molecule has 5 nitrogen and oxygen atoms in total. The Morgan fingerprint density at radius 3 is 2.41 bits per heavy atom. The quantitative estimate of drug-likeness (QED) is 0.407. The zero-order valence-corrected chi connectivity index (χ0v) is 17.7. The van der Waals surface area contributed by atoms with Crippen molar-refractivity contribution >= 4 is 11.0 Å². The van der Waals surface area contributed by atoms with Gasteiger partial charge in [0.1, 0.15) is 17.4 Å². The molecule has 1 aromatic heterocycles. The summed E-state index contributed by atoms with van der Waals surface area (Å²) in [4.78, 5) is 7.01. The van der Waals surface area contributed by atoms with Crippen molar-refractivity contribution < 1.29 is 31.8 Å². The van der Waals surface area contributed by atoms with Crippen LogP contribution in [0.2, 0.25) is 0 Å². The molecule has 0 spiro atoms. The van der Waals surface area contributed by atoms with E-state index in [1.807, 2.05) is 0 Å². The molecule has 2 aliphatic rings. The maximum absolute atomic E-state index is 15.4. The third kappa shape index (κ3) is 3.52. The number of nitrogens with zero attached hydrogens (tertiary/aromatic N) is 1. The van der Waals surface area contributed by atoms with Crippen LogP contribution in [-0.2, 0) is 9.47 Å². The van der Waals surface area contributed by atoms with Crippen LogP contribution in [0.25, 0.3) is 33.3 Å². The first-order chi connectivity index (χ1) is 16.5. The minimum absolute atomic E-state index is 0.0236. The summed E-state index contributed by atoms with van der Waals surface area (Å²) in [5.41, 5.74) is 1.16. The van der Waals surface area contributed by atoms with E-state index in [-0.39, 0.29) is 46.5 Å². The molecule has 4 aromatic rings. The summed E-state index contributed by atoms with van der Waals surface area (Å²) < 4.78 is 74.1. The van der Waals surface area contributed by atoms with Gasteiger partial charge in [0, 0.05) is 12.7 Å². The summed E-state index contributed by atoms with van der Waals surface area (Å²) in [6.07, 6.45) is 0.176. The molecule has 174 valence electrons. The van der Waals surface area contributed by atoms with Gasteiger partial charge in [0.05, 0.1) is 23.8 Å². The van der Waals surface area contributed by atoms with Gasteiger partial charge in [-0.25, -0.2) is 17.6 Å². The van der Waals surface area contributed by atoms with E-state index in [9.17, 15) is 13.2 Å². The van der Waals surface area contributed by atoms with Crippen LogP contribution in [0, 0.1) is 23.3 Å². The molecule has 3 heterocycles. The number of nitrogens with one attached hydrogen (secondary N) is 1. The molecule has 0 amide bonds. The molecule has 2 fully saturated rings.